The Morgan fingerprint density at radius 1 is 1.00 bits per heavy atom. The van der Waals surface area contributed by atoms with Crippen LogP contribution in [0.5, 0.6) is 0 Å². The molecule has 2 N–H and O–H groups in total. The third-order valence-electron chi connectivity index (χ3n) is 5.96. The predicted molar refractivity (Wildman–Crippen MR) is 108 cm³/mol. The molecule has 0 aromatic heterocycles. The molecule has 0 atom stereocenters. The van der Waals surface area contributed by atoms with Crippen molar-refractivity contribution in [3.8, 4) is 11.1 Å². The van der Waals surface area contributed by atoms with E-state index in [4.69, 9.17) is 15.0 Å². The first-order valence-electron chi connectivity index (χ1n) is 9.28. The lowest BCUT2D eigenvalue weighted by molar-refractivity contribution is 0.00578. The Bertz CT molecular complexity index is 869. The van der Waals surface area contributed by atoms with Crippen molar-refractivity contribution in [2.45, 2.75) is 45.3 Å². The van der Waals surface area contributed by atoms with Crippen LogP contribution in [0.4, 0.5) is 0 Å². The first-order valence-corrected chi connectivity index (χ1v) is 9.28. The Morgan fingerprint density at radius 2 is 1.65 bits per heavy atom. The van der Waals surface area contributed by atoms with Gasteiger partial charge < -0.3 is 15.0 Å². The topological polar surface area (TPSA) is 44.5 Å². The van der Waals surface area contributed by atoms with E-state index in [2.05, 4.69) is 76.2 Å². The number of rotatable bonds is 3. The highest BCUT2D eigenvalue weighted by molar-refractivity contribution is 6.55. The smallest absolute Gasteiger partial charge is 0.400 e. The van der Waals surface area contributed by atoms with Gasteiger partial charge in [-0.25, -0.2) is 0 Å². The lowest BCUT2D eigenvalue weighted by atomic mass is 9.77. The van der Waals surface area contributed by atoms with Crippen LogP contribution in [0.2, 0.25) is 0 Å². The molecular formula is C22H26BNO2. The van der Waals surface area contributed by atoms with E-state index in [1.165, 1.54) is 22.3 Å². The molecule has 1 saturated heterocycles. The second-order valence-corrected chi connectivity index (χ2v) is 8.26. The molecule has 2 aliphatic rings. The van der Waals surface area contributed by atoms with Crippen LogP contribution in [0.15, 0.2) is 47.9 Å². The largest absolute Gasteiger partial charge is 0.491 e. The van der Waals surface area contributed by atoms with Gasteiger partial charge in [0.25, 0.3) is 0 Å². The first-order chi connectivity index (χ1) is 12.3. The summed E-state index contributed by atoms with van der Waals surface area (Å²) in [6.07, 6.45) is 3.10. The van der Waals surface area contributed by atoms with Crippen LogP contribution >= 0.6 is 0 Å². The van der Waals surface area contributed by atoms with Gasteiger partial charge >= 0.3 is 7.12 Å². The molecule has 4 rings (SSSR count). The van der Waals surface area contributed by atoms with Gasteiger partial charge in [-0.05, 0) is 67.4 Å². The van der Waals surface area contributed by atoms with Crippen molar-refractivity contribution in [1.29, 1.82) is 0 Å². The maximum Gasteiger partial charge on any atom is 0.491 e. The van der Waals surface area contributed by atoms with Crippen molar-refractivity contribution in [1.82, 2.24) is 0 Å². The number of nitrogens with two attached hydrogens (primary N) is 1. The molecule has 4 heteroatoms. The molecule has 3 nitrogen and oxygen atoms in total. The van der Waals surface area contributed by atoms with Gasteiger partial charge in [0.05, 0.1) is 11.2 Å². The van der Waals surface area contributed by atoms with E-state index >= 15 is 0 Å². The second kappa shape index (κ2) is 6.09. The van der Waals surface area contributed by atoms with Gasteiger partial charge in [0.1, 0.15) is 0 Å². The van der Waals surface area contributed by atoms with Crippen LogP contribution in [0.25, 0.3) is 17.2 Å². The van der Waals surface area contributed by atoms with Crippen LogP contribution in [0.1, 0.15) is 44.4 Å². The quantitative estimate of drug-likeness (QED) is 0.721. The molecule has 26 heavy (non-hydrogen) atoms. The highest BCUT2D eigenvalue weighted by Crippen LogP contribution is 2.39. The van der Waals surface area contributed by atoms with Gasteiger partial charge in [0.2, 0.25) is 0 Å². The molecule has 2 aromatic rings. The minimum absolute atomic E-state index is 0.356. The lowest BCUT2D eigenvalue weighted by Gasteiger charge is -2.32. The molecule has 1 aliphatic carbocycles. The maximum atomic E-state index is 6.16. The molecule has 1 aliphatic heterocycles. The van der Waals surface area contributed by atoms with Crippen LogP contribution in [-0.4, -0.2) is 24.9 Å². The van der Waals surface area contributed by atoms with Gasteiger partial charge in [-0.15, -0.1) is 0 Å². The summed E-state index contributed by atoms with van der Waals surface area (Å²) in [5.74, 6) is 0. The average molecular weight is 347 g/mol. The van der Waals surface area contributed by atoms with Gasteiger partial charge in [-0.2, -0.15) is 0 Å². The molecule has 0 radical (unpaired) electrons. The lowest BCUT2D eigenvalue weighted by Crippen LogP contribution is -2.41. The predicted octanol–water partition coefficient (Wildman–Crippen LogP) is 4.23. The molecule has 0 saturated carbocycles. The zero-order chi connectivity index (χ0) is 18.5. The fourth-order valence-corrected chi connectivity index (χ4v) is 3.69. The first kappa shape index (κ1) is 17.5. The summed E-state index contributed by atoms with van der Waals surface area (Å²) in [7, 11) is -0.393. The maximum absolute atomic E-state index is 6.16. The molecule has 1 heterocycles. The van der Waals surface area contributed by atoms with Crippen molar-refractivity contribution < 1.29 is 9.31 Å². The minimum Gasteiger partial charge on any atom is -0.400 e. The second-order valence-electron chi connectivity index (χ2n) is 8.26. The SMILES string of the molecule is CC1(C)OB(C(=Cc2ccc3c(c2)Cc2ccccc2-3)CN)OC1(C)C. The Kier molecular flexibility index (Phi) is 4.10. The monoisotopic (exact) mass is 347 g/mol. The Hall–Kier alpha value is -1.88. The molecule has 0 spiro atoms. The highest BCUT2D eigenvalue weighted by atomic mass is 16.7. The van der Waals surface area contributed by atoms with E-state index in [9.17, 15) is 0 Å². The summed E-state index contributed by atoms with van der Waals surface area (Å²) < 4.78 is 12.3. The molecule has 0 bridgehead atoms. The standard InChI is InChI=1S/C22H26BNO2/c1-21(2)22(3,4)26-23(25-21)18(14-24)12-15-9-10-20-17(11-15)13-16-7-5-6-8-19(16)20/h5-12H,13-14,24H2,1-4H3. The van der Waals surface area contributed by atoms with E-state index in [1.807, 2.05) is 0 Å². The van der Waals surface area contributed by atoms with Gasteiger partial charge in [0, 0.05) is 6.54 Å². The third-order valence-corrected chi connectivity index (χ3v) is 5.96. The molecule has 0 amide bonds. The van der Waals surface area contributed by atoms with Gasteiger partial charge in [-0.3, -0.25) is 0 Å². The minimum atomic E-state index is -0.393. The Morgan fingerprint density at radius 3 is 2.35 bits per heavy atom. The Balaban J connectivity index is 1.63. The molecular weight excluding hydrogens is 321 g/mol. The number of hydrogen-bond acceptors (Lipinski definition) is 3. The molecule has 1 fully saturated rings. The Labute approximate surface area is 156 Å². The van der Waals surface area contributed by atoms with Crippen LogP contribution < -0.4 is 5.73 Å². The van der Waals surface area contributed by atoms with E-state index in [0.717, 1.165) is 17.5 Å². The summed E-state index contributed by atoms with van der Waals surface area (Å²) >= 11 is 0. The van der Waals surface area contributed by atoms with Crippen molar-refractivity contribution in [2.24, 2.45) is 5.73 Å². The zero-order valence-electron chi connectivity index (χ0n) is 16.0. The summed E-state index contributed by atoms with van der Waals surface area (Å²) in [6, 6.07) is 15.2. The summed E-state index contributed by atoms with van der Waals surface area (Å²) in [6.45, 7) is 8.66. The zero-order valence-corrected chi connectivity index (χ0v) is 16.0. The molecule has 2 aromatic carbocycles. The fraction of sp³-hybridized carbons (Fsp3) is 0.364. The summed E-state index contributed by atoms with van der Waals surface area (Å²) in [4.78, 5) is 0. The van der Waals surface area contributed by atoms with E-state index in [1.54, 1.807) is 0 Å². The number of fused-ring (bicyclic) bond motifs is 3. The van der Waals surface area contributed by atoms with Crippen molar-refractivity contribution in [3.05, 3.63) is 64.6 Å². The van der Waals surface area contributed by atoms with Gasteiger partial charge in [-0.1, -0.05) is 48.5 Å². The van der Waals surface area contributed by atoms with E-state index in [0.29, 0.717) is 6.54 Å². The van der Waals surface area contributed by atoms with E-state index < -0.39 is 7.12 Å². The van der Waals surface area contributed by atoms with Crippen LogP contribution in [0.3, 0.4) is 0 Å². The van der Waals surface area contributed by atoms with Gasteiger partial charge in [0.15, 0.2) is 0 Å². The summed E-state index contributed by atoms with van der Waals surface area (Å²) in [5, 5.41) is 0. The molecule has 134 valence electrons. The van der Waals surface area contributed by atoms with Crippen molar-refractivity contribution in [2.75, 3.05) is 6.54 Å². The number of benzene rings is 2. The van der Waals surface area contributed by atoms with Crippen LogP contribution in [-0.2, 0) is 15.7 Å². The number of hydrogen-bond donors (Lipinski definition) is 1. The van der Waals surface area contributed by atoms with Crippen molar-refractivity contribution >= 4 is 13.2 Å². The summed E-state index contributed by atoms with van der Waals surface area (Å²) in [5.41, 5.74) is 12.9. The highest BCUT2D eigenvalue weighted by Gasteiger charge is 2.52. The normalized spacial score (nSPS) is 20.2. The average Bonchev–Trinajstić information content (AvgIpc) is 3.06. The third kappa shape index (κ3) is 2.82. The fourth-order valence-electron chi connectivity index (χ4n) is 3.69. The van der Waals surface area contributed by atoms with Crippen molar-refractivity contribution in [3.63, 3.8) is 0 Å². The van der Waals surface area contributed by atoms with Crippen LogP contribution in [0, 0.1) is 0 Å². The molecule has 0 unspecified atom stereocenters. The van der Waals surface area contributed by atoms with E-state index in [-0.39, 0.29) is 11.2 Å².